The number of aliphatic carboxylic acids is 1. The van der Waals surface area contributed by atoms with Crippen molar-refractivity contribution in [2.24, 2.45) is 17.3 Å². The van der Waals surface area contributed by atoms with Gasteiger partial charge < -0.3 is 10.4 Å². The van der Waals surface area contributed by atoms with Crippen LogP contribution in [0.2, 0.25) is 0 Å². The Bertz CT molecular complexity index is 753. The molecule has 2 atom stereocenters. The van der Waals surface area contributed by atoms with E-state index in [4.69, 9.17) is 5.11 Å². The third-order valence-electron chi connectivity index (χ3n) is 4.20. The van der Waals surface area contributed by atoms with Gasteiger partial charge in [0.15, 0.2) is 0 Å². The van der Waals surface area contributed by atoms with Crippen LogP contribution in [0.25, 0.3) is 0 Å². The second kappa shape index (κ2) is 6.18. The highest BCUT2D eigenvalue weighted by Crippen LogP contribution is 2.58. The molecule has 0 saturated heterocycles. The highest BCUT2D eigenvalue weighted by molar-refractivity contribution is 7.89. The van der Waals surface area contributed by atoms with Crippen molar-refractivity contribution in [3.63, 3.8) is 0 Å². The highest BCUT2D eigenvalue weighted by atomic mass is 32.2. The van der Waals surface area contributed by atoms with Gasteiger partial charge in [0, 0.05) is 11.7 Å². The molecule has 1 aromatic carbocycles. The van der Waals surface area contributed by atoms with E-state index in [2.05, 4.69) is 10.0 Å². The molecule has 0 heterocycles. The Morgan fingerprint density at radius 3 is 2.08 bits per heavy atom. The lowest BCUT2D eigenvalue weighted by molar-refractivity contribution is -0.140. The van der Waals surface area contributed by atoms with Crippen LogP contribution in [0.5, 0.6) is 0 Å². The first kappa shape index (κ1) is 18.4. The molecular formula is C16H22N2O5S. The maximum atomic E-state index is 12.2. The van der Waals surface area contributed by atoms with Crippen molar-refractivity contribution in [2.45, 2.75) is 38.6 Å². The van der Waals surface area contributed by atoms with Crippen molar-refractivity contribution >= 4 is 27.6 Å². The Morgan fingerprint density at radius 1 is 1.12 bits per heavy atom. The molecule has 132 valence electrons. The molecule has 0 bridgehead atoms. The average molecular weight is 354 g/mol. The maximum Gasteiger partial charge on any atom is 0.307 e. The highest BCUT2D eigenvalue weighted by Gasteiger charge is 2.65. The number of benzene rings is 1. The van der Waals surface area contributed by atoms with Crippen molar-refractivity contribution in [1.29, 1.82) is 0 Å². The van der Waals surface area contributed by atoms with Gasteiger partial charge in [-0.3, -0.25) is 9.59 Å². The van der Waals surface area contributed by atoms with Gasteiger partial charge in [0.1, 0.15) is 0 Å². The van der Waals surface area contributed by atoms with Gasteiger partial charge in [-0.25, -0.2) is 13.1 Å². The lowest BCUT2D eigenvalue weighted by Crippen LogP contribution is -2.30. The first-order chi connectivity index (χ1) is 11.0. The Kier molecular flexibility index (Phi) is 4.74. The van der Waals surface area contributed by atoms with Crippen molar-refractivity contribution in [3.05, 3.63) is 24.3 Å². The molecule has 0 radical (unpaired) electrons. The van der Waals surface area contributed by atoms with Crippen molar-refractivity contribution < 1.29 is 23.1 Å². The fourth-order valence-corrected chi connectivity index (χ4v) is 4.15. The van der Waals surface area contributed by atoms with Crippen molar-refractivity contribution in [1.82, 2.24) is 4.72 Å². The van der Waals surface area contributed by atoms with Crippen LogP contribution in [-0.2, 0) is 19.6 Å². The molecule has 0 spiro atoms. The summed E-state index contributed by atoms with van der Waals surface area (Å²) in [5.74, 6) is -2.65. The number of anilines is 1. The lowest BCUT2D eigenvalue weighted by Gasteiger charge is -2.10. The quantitative estimate of drug-likeness (QED) is 0.719. The number of carbonyl (C=O) groups is 2. The third-order valence-corrected chi connectivity index (χ3v) is 5.87. The zero-order chi connectivity index (χ0) is 18.3. The first-order valence-electron chi connectivity index (χ1n) is 7.63. The van der Waals surface area contributed by atoms with E-state index in [1.165, 1.54) is 24.3 Å². The number of amides is 1. The molecule has 1 aliphatic rings. The summed E-state index contributed by atoms with van der Waals surface area (Å²) in [6.45, 7) is 6.93. The predicted octanol–water partition coefficient (Wildman–Crippen LogP) is 1.67. The Labute approximate surface area is 141 Å². The van der Waals surface area contributed by atoms with Crippen LogP contribution >= 0.6 is 0 Å². The van der Waals surface area contributed by atoms with Crippen LogP contribution in [0, 0.1) is 17.3 Å². The number of carbonyl (C=O) groups excluding carboxylic acids is 1. The molecule has 24 heavy (non-hydrogen) atoms. The molecule has 7 nitrogen and oxygen atoms in total. The van der Waals surface area contributed by atoms with Crippen LogP contribution in [-0.4, -0.2) is 31.4 Å². The number of sulfonamides is 1. The zero-order valence-electron chi connectivity index (χ0n) is 14.0. The van der Waals surface area contributed by atoms with Crippen LogP contribution in [0.3, 0.4) is 0 Å². The predicted molar refractivity (Wildman–Crippen MR) is 88.9 cm³/mol. The molecule has 0 aliphatic heterocycles. The van der Waals surface area contributed by atoms with Gasteiger partial charge in [0.05, 0.1) is 16.7 Å². The maximum absolute atomic E-state index is 12.2. The zero-order valence-corrected chi connectivity index (χ0v) is 14.8. The molecule has 1 saturated carbocycles. The summed E-state index contributed by atoms with van der Waals surface area (Å²) in [6.07, 6.45) is 0. The minimum atomic E-state index is -3.59. The topological polar surface area (TPSA) is 113 Å². The van der Waals surface area contributed by atoms with E-state index in [9.17, 15) is 18.0 Å². The minimum absolute atomic E-state index is 0.101. The van der Waals surface area contributed by atoms with Crippen LogP contribution in [0.1, 0.15) is 27.7 Å². The summed E-state index contributed by atoms with van der Waals surface area (Å²) in [6, 6.07) is 5.54. The third kappa shape index (κ3) is 3.59. The van der Waals surface area contributed by atoms with Gasteiger partial charge in [0.25, 0.3) is 0 Å². The SMILES string of the molecule is CC(C)NS(=O)(=O)c1ccc(NC(=O)[C@@H]2[C@H](C(=O)O)C2(C)C)cc1. The van der Waals surface area contributed by atoms with E-state index in [1.807, 2.05) is 0 Å². The van der Waals surface area contributed by atoms with E-state index in [0.717, 1.165) is 0 Å². The van der Waals surface area contributed by atoms with Gasteiger partial charge in [-0.05, 0) is 43.5 Å². The number of carboxylic acids is 1. The van der Waals surface area contributed by atoms with E-state index < -0.39 is 33.2 Å². The van der Waals surface area contributed by atoms with Gasteiger partial charge in [-0.2, -0.15) is 0 Å². The molecule has 0 unspecified atom stereocenters. The summed E-state index contributed by atoms with van der Waals surface area (Å²) >= 11 is 0. The van der Waals surface area contributed by atoms with Gasteiger partial charge >= 0.3 is 5.97 Å². The first-order valence-corrected chi connectivity index (χ1v) is 9.11. The number of carboxylic acid groups (broad SMARTS) is 1. The normalized spacial score (nSPS) is 22.2. The van der Waals surface area contributed by atoms with E-state index >= 15 is 0 Å². The van der Waals surface area contributed by atoms with Crippen LogP contribution in [0.4, 0.5) is 5.69 Å². The summed E-state index contributed by atoms with van der Waals surface area (Å²) < 4.78 is 26.5. The molecule has 3 N–H and O–H groups in total. The summed E-state index contributed by atoms with van der Waals surface area (Å²) in [5.41, 5.74) is -0.157. The molecule has 0 aromatic heterocycles. The van der Waals surface area contributed by atoms with E-state index in [-0.39, 0.29) is 16.8 Å². The minimum Gasteiger partial charge on any atom is -0.481 e. The fourth-order valence-electron chi connectivity index (χ4n) is 2.90. The largest absolute Gasteiger partial charge is 0.481 e. The molecule has 1 fully saturated rings. The van der Waals surface area contributed by atoms with E-state index in [0.29, 0.717) is 5.69 Å². The number of hydrogen-bond donors (Lipinski definition) is 3. The van der Waals surface area contributed by atoms with Crippen molar-refractivity contribution in [3.8, 4) is 0 Å². The van der Waals surface area contributed by atoms with E-state index in [1.54, 1.807) is 27.7 Å². The molecule has 1 aliphatic carbocycles. The second-order valence-corrected chi connectivity index (χ2v) is 8.62. The average Bonchev–Trinajstić information content (AvgIpc) is 3.01. The Morgan fingerprint density at radius 2 is 1.67 bits per heavy atom. The van der Waals surface area contributed by atoms with Gasteiger partial charge in [0.2, 0.25) is 15.9 Å². The van der Waals surface area contributed by atoms with Crippen LogP contribution in [0.15, 0.2) is 29.2 Å². The molecular weight excluding hydrogens is 332 g/mol. The second-order valence-electron chi connectivity index (χ2n) is 6.90. The number of rotatable bonds is 6. The van der Waals surface area contributed by atoms with Crippen LogP contribution < -0.4 is 10.0 Å². The Balaban J connectivity index is 2.08. The molecule has 2 rings (SSSR count). The summed E-state index contributed by atoms with van der Waals surface area (Å²) in [5, 5.41) is 11.8. The summed E-state index contributed by atoms with van der Waals surface area (Å²) in [4.78, 5) is 23.5. The summed E-state index contributed by atoms with van der Waals surface area (Å²) in [7, 11) is -3.59. The fraction of sp³-hybridized carbons (Fsp3) is 0.500. The van der Waals surface area contributed by atoms with Gasteiger partial charge in [-0.15, -0.1) is 0 Å². The lowest BCUT2D eigenvalue weighted by atomic mass is 10.1. The monoisotopic (exact) mass is 354 g/mol. The molecule has 8 heteroatoms. The standard InChI is InChI=1S/C16H22N2O5S/c1-9(2)18-24(22,23)11-7-5-10(6-8-11)17-14(19)12-13(15(20)21)16(12,3)4/h5-9,12-13,18H,1-4H3,(H,17,19)(H,20,21)/t12-,13+/m0/s1. The Hall–Kier alpha value is -1.93. The van der Waals surface area contributed by atoms with Gasteiger partial charge in [-0.1, -0.05) is 13.8 Å². The number of nitrogens with one attached hydrogen (secondary N) is 2. The molecule has 1 amide bonds. The molecule has 1 aromatic rings. The number of hydrogen-bond acceptors (Lipinski definition) is 4. The van der Waals surface area contributed by atoms with Crippen molar-refractivity contribution in [2.75, 3.05) is 5.32 Å². The smallest absolute Gasteiger partial charge is 0.307 e.